The molecular formula is C17H22O4. The second-order valence-corrected chi connectivity index (χ2v) is 6.94. The fraction of sp³-hybridized carbons (Fsp3) is 0.588. The maximum atomic E-state index is 11.2. The number of ether oxygens (including phenoxy) is 2. The van der Waals surface area contributed by atoms with Crippen LogP contribution >= 0.6 is 0 Å². The van der Waals surface area contributed by atoms with E-state index < -0.39 is 11.4 Å². The van der Waals surface area contributed by atoms with E-state index >= 15 is 0 Å². The molecule has 0 aliphatic carbocycles. The summed E-state index contributed by atoms with van der Waals surface area (Å²) in [7, 11) is 0. The Morgan fingerprint density at radius 1 is 1.29 bits per heavy atom. The fourth-order valence-corrected chi connectivity index (χ4v) is 3.61. The van der Waals surface area contributed by atoms with Gasteiger partial charge in [0.2, 0.25) is 0 Å². The molecule has 3 rings (SSSR count). The lowest BCUT2D eigenvalue weighted by Gasteiger charge is -2.28. The van der Waals surface area contributed by atoms with Gasteiger partial charge in [-0.25, -0.2) is 0 Å². The quantitative estimate of drug-likeness (QED) is 0.929. The van der Waals surface area contributed by atoms with Gasteiger partial charge >= 0.3 is 5.97 Å². The number of rotatable bonds is 3. The second-order valence-electron chi connectivity index (χ2n) is 6.94. The van der Waals surface area contributed by atoms with Gasteiger partial charge in [0.05, 0.1) is 6.42 Å². The smallest absolute Gasteiger partial charge is 0.304 e. The van der Waals surface area contributed by atoms with Gasteiger partial charge in [0.15, 0.2) is 0 Å². The first-order valence-electron chi connectivity index (χ1n) is 7.52. The van der Waals surface area contributed by atoms with Crippen molar-refractivity contribution in [3.8, 4) is 11.5 Å². The molecule has 0 aromatic heterocycles. The number of carbonyl (C=O) groups is 1. The molecule has 1 aromatic carbocycles. The molecule has 1 N–H and O–H groups in total. The number of fused-ring (bicyclic) bond motifs is 2. The summed E-state index contributed by atoms with van der Waals surface area (Å²) in [5, 5.41) is 9.24. The molecule has 0 radical (unpaired) electrons. The van der Waals surface area contributed by atoms with Crippen LogP contribution in [0.2, 0.25) is 0 Å². The molecule has 0 bridgehead atoms. The van der Waals surface area contributed by atoms with Crippen LogP contribution in [0.1, 0.15) is 50.8 Å². The van der Waals surface area contributed by atoms with Crippen LogP contribution in [-0.2, 0) is 23.1 Å². The van der Waals surface area contributed by atoms with Crippen molar-refractivity contribution in [3.05, 3.63) is 22.8 Å². The Labute approximate surface area is 125 Å². The van der Waals surface area contributed by atoms with Crippen LogP contribution in [0.4, 0.5) is 0 Å². The highest BCUT2D eigenvalue weighted by atomic mass is 16.5. The van der Waals surface area contributed by atoms with Crippen molar-refractivity contribution in [2.75, 3.05) is 0 Å². The average molecular weight is 290 g/mol. The summed E-state index contributed by atoms with van der Waals surface area (Å²) < 4.78 is 11.9. The first-order valence-corrected chi connectivity index (χ1v) is 7.52. The van der Waals surface area contributed by atoms with Gasteiger partial charge in [-0.2, -0.15) is 0 Å². The molecule has 4 heteroatoms. The summed E-state index contributed by atoms with van der Waals surface area (Å²) in [5.41, 5.74) is 2.83. The summed E-state index contributed by atoms with van der Waals surface area (Å²) in [4.78, 5) is 11.2. The van der Waals surface area contributed by atoms with Gasteiger partial charge in [0.25, 0.3) is 0 Å². The Hall–Kier alpha value is -1.71. The number of carboxylic acids is 1. The molecule has 0 spiro atoms. The summed E-state index contributed by atoms with van der Waals surface area (Å²) >= 11 is 0. The molecule has 1 aromatic rings. The van der Waals surface area contributed by atoms with E-state index in [9.17, 15) is 9.90 Å². The molecule has 2 heterocycles. The molecule has 114 valence electrons. The Morgan fingerprint density at radius 2 is 1.95 bits per heavy atom. The molecule has 2 unspecified atom stereocenters. The second kappa shape index (κ2) is 4.65. The minimum Gasteiger partial charge on any atom is -0.490 e. The Morgan fingerprint density at radius 3 is 2.62 bits per heavy atom. The minimum absolute atomic E-state index is 0.0853. The van der Waals surface area contributed by atoms with Gasteiger partial charge in [-0.3, -0.25) is 4.79 Å². The van der Waals surface area contributed by atoms with Crippen LogP contribution < -0.4 is 9.47 Å². The van der Waals surface area contributed by atoms with Gasteiger partial charge in [-0.1, -0.05) is 13.8 Å². The standard InChI is InChI=1S/C17H22O4/c1-9-5-11-7-13-12(6-10(2)20-13)15(16(11)21-9)17(3,4)8-14(18)19/h7,9-10H,5-6,8H2,1-4H3,(H,18,19). The maximum absolute atomic E-state index is 11.2. The van der Waals surface area contributed by atoms with E-state index in [0.29, 0.717) is 0 Å². The molecule has 0 saturated heterocycles. The zero-order chi connectivity index (χ0) is 15.4. The maximum Gasteiger partial charge on any atom is 0.304 e. The highest BCUT2D eigenvalue weighted by molar-refractivity contribution is 5.71. The van der Waals surface area contributed by atoms with Crippen molar-refractivity contribution in [2.24, 2.45) is 0 Å². The van der Waals surface area contributed by atoms with E-state index in [2.05, 4.69) is 6.07 Å². The third kappa shape index (κ3) is 2.37. The van der Waals surface area contributed by atoms with E-state index in [0.717, 1.165) is 41.0 Å². The first kappa shape index (κ1) is 14.2. The molecule has 0 fully saturated rings. The van der Waals surface area contributed by atoms with Crippen LogP contribution in [0.25, 0.3) is 0 Å². The van der Waals surface area contributed by atoms with Crippen molar-refractivity contribution >= 4 is 5.97 Å². The molecule has 2 aliphatic rings. The SMILES string of the molecule is CC1Cc2c(cc3c(c2C(C)(C)CC(=O)O)OC(C)C3)O1. The lowest BCUT2D eigenvalue weighted by atomic mass is 9.77. The largest absolute Gasteiger partial charge is 0.490 e. The first-order chi connectivity index (χ1) is 9.78. The van der Waals surface area contributed by atoms with E-state index in [-0.39, 0.29) is 18.6 Å². The minimum atomic E-state index is -0.788. The van der Waals surface area contributed by atoms with Crippen molar-refractivity contribution in [1.29, 1.82) is 0 Å². The number of hydrogen-bond acceptors (Lipinski definition) is 3. The van der Waals surface area contributed by atoms with E-state index in [1.54, 1.807) is 0 Å². The average Bonchev–Trinajstić information content (AvgIpc) is 2.83. The molecular weight excluding hydrogens is 268 g/mol. The van der Waals surface area contributed by atoms with Crippen LogP contribution in [0.5, 0.6) is 11.5 Å². The van der Waals surface area contributed by atoms with Gasteiger partial charge in [0.1, 0.15) is 23.7 Å². The molecule has 0 saturated carbocycles. The van der Waals surface area contributed by atoms with E-state index in [1.165, 1.54) is 0 Å². The monoisotopic (exact) mass is 290 g/mol. The van der Waals surface area contributed by atoms with Crippen LogP contribution in [-0.4, -0.2) is 23.3 Å². The number of carboxylic acid groups (broad SMARTS) is 1. The summed E-state index contributed by atoms with van der Waals surface area (Å²) in [5.74, 6) is 1.02. The molecule has 4 nitrogen and oxygen atoms in total. The zero-order valence-corrected chi connectivity index (χ0v) is 13.0. The third-order valence-electron chi connectivity index (χ3n) is 4.34. The molecule has 21 heavy (non-hydrogen) atoms. The highest BCUT2D eigenvalue weighted by Gasteiger charge is 2.38. The summed E-state index contributed by atoms with van der Waals surface area (Å²) in [6.45, 7) is 8.05. The highest BCUT2D eigenvalue weighted by Crippen LogP contribution is 2.48. The number of hydrogen-bond donors (Lipinski definition) is 1. The van der Waals surface area contributed by atoms with E-state index in [4.69, 9.17) is 9.47 Å². The fourth-order valence-electron chi connectivity index (χ4n) is 3.61. The van der Waals surface area contributed by atoms with Crippen molar-refractivity contribution in [3.63, 3.8) is 0 Å². The van der Waals surface area contributed by atoms with Crippen LogP contribution in [0.3, 0.4) is 0 Å². The van der Waals surface area contributed by atoms with Crippen molar-refractivity contribution in [1.82, 2.24) is 0 Å². The third-order valence-corrected chi connectivity index (χ3v) is 4.34. The van der Waals surface area contributed by atoms with Crippen LogP contribution in [0, 0.1) is 0 Å². The topological polar surface area (TPSA) is 55.8 Å². The Balaban J connectivity index is 2.17. The predicted octanol–water partition coefficient (Wildman–Crippen LogP) is 3.09. The van der Waals surface area contributed by atoms with E-state index in [1.807, 2.05) is 27.7 Å². The normalized spacial score (nSPS) is 23.2. The summed E-state index contributed by atoms with van der Waals surface area (Å²) in [6.07, 6.45) is 2.04. The molecule has 0 amide bonds. The Kier molecular flexibility index (Phi) is 3.15. The zero-order valence-electron chi connectivity index (χ0n) is 13.0. The van der Waals surface area contributed by atoms with Gasteiger partial charge in [0, 0.05) is 34.9 Å². The number of benzene rings is 1. The van der Waals surface area contributed by atoms with Gasteiger partial charge < -0.3 is 14.6 Å². The molecule has 2 aliphatic heterocycles. The van der Waals surface area contributed by atoms with Crippen molar-refractivity contribution < 1.29 is 19.4 Å². The van der Waals surface area contributed by atoms with Gasteiger partial charge in [-0.15, -0.1) is 0 Å². The van der Waals surface area contributed by atoms with Crippen LogP contribution in [0.15, 0.2) is 6.07 Å². The van der Waals surface area contributed by atoms with Crippen molar-refractivity contribution in [2.45, 2.75) is 64.6 Å². The molecule has 2 atom stereocenters. The predicted molar refractivity (Wildman–Crippen MR) is 79.3 cm³/mol. The lowest BCUT2D eigenvalue weighted by Crippen LogP contribution is -2.24. The Bertz CT molecular complexity index is 567. The van der Waals surface area contributed by atoms with Gasteiger partial charge in [-0.05, 0) is 19.9 Å². The summed E-state index contributed by atoms with van der Waals surface area (Å²) in [6, 6.07) is 2.08. The number of aliphatic carboxylic acids is 1. The lowest BCUT2D eigenvalue weighted by molar-refractivity contribution is -0.138.